The molecular weight excluding hydrogens is 484 g/mol. The smallest absolute Gasteiger partial charge is 0.251 e. The molecule has 1 aromatic heterocycles. The number of phenols is 1. The number of halogens is 1. The highest BCUT2D eigenvalue weighted by Crippen LogP contribution is 2.26. The van der Waals surface area contributed by atoms with Crippen molar-refractivity contribution in [2.45, 2.75) is 0 Å². The molecule has 0 spiro atoms. The van der Waals surface area contributed by atoms with Crippen molar-refractivity contribution in [3.63, 3.8) is 0 Å². The number of ether oxygens (including phenoxy) is 2. The molecule has 0 saturated carbocycles. The summed E-state index contributed by atoms with van der Waals surface area (Å²) in [6.07, 6.45) is 5.07. The van der Waals surface area contributed by atoms with Gasteiger partial charge in [-0.2, -0.15) is 5.10 Å². The number of aromatic nitrogens is 2. The molecule has 4 aromatic rings. The van der Waals surface area contributed by atoms with Gasteiger partial charge in [0.1, 0.15) is 17.2 Å². The molecule has 7 nitrogen and oxygen atoms in total. The van der Waals surface area contributed by atoms with Crippen LogP contribution in [0.25, 0.3) is 11.3 Å². The Morgan fingerprint density at radius 3 is 2.24 bits per heavy atom. The van der Waals surface area contributed by atoms with Crippen molar-refractivity contribution in [2.75, 3.05) is 14.2 Å². The number of methoxy groups -OCH3 is 2. The number of imidazole rings is 1. The van der Waals surface area contributed by atoms with Gasteiger partial charge in [-0.25, -0.2) is 14.7 Å². The van der Waals surface area contributed by atoms with Gasteiger partial charge in [0.05, 0.1) is 32.3 Å². The van der Waals surface area contributed by atoms with E-state index >= 15 is 0 Å². The second-order valence-electron chi connectivity index (χ2n) is 6.98. The van der Waals surface area contributed by atoms with Crippen molar-refractivity contribution >= 4 is 34.3 Å². The van der Waals surface area contributed by atoms with E-state index in [9.17, 15) is 5.11 Å². The predicted octanol–water partition coefficient (Wildman–Crippen LogP) is 5.67. The SMILES string of the molecule is COc1ccc(/C=N\n2cc(-c3ccc(OC)cc3)nc2/N=C/c2cc(Br)ccc2O)cc1. The Labute approximate surface area is 199 Å². The fraction of sp³-hybridized carbons (Fsp3) is 0.0800. The second kappa shape index (κ2) is 10.1. The molecule has 0 aliphatic carbocycles. The summed E-state index contributed by atoms with van der Waals surface area (Å²) in [6, 6.07) is 20.3. The van der Waals surface area contributed by atoms with Crippen molar-refractivity contribution < 1.29 is 14.6 Å². The van der Waals surface area contributed by atoms with Gasteiger partial charge in [-0.05, 0) is 72.3 Å². The summed E-state index contributed by atoms with van der Waals surface area (Å²) >= 11 is 3.41. The van der Waals surface area contributed by atoms with Crippen LogP contribution in [0.15, 0.2) is 87.5 Å². The molecule has 0 atom stereocenters. The van der Waals surface area contributed by atoms with Gasteiger partial charge in [-0.15, -0.1) is 0 Å². The molecule has 0 saturated heterocycles. The standard InChI is InChI=1S/C25H21BrN4O3/c1-32-21-8-3-17(4-9-21)14-28-30-16-23(18-5-10-22(33-2)11-6-18)29-25(30)27-15-19-13-20(26)7-12-24(19)31/h3-16,31H,1-2H3/b27-15+,28-14-. The fourth-order valence-electron chi connectivity index (χ4n) is 3.01. The maximum atomic E-state index is 10.1. The Balaban J connectivity index is 1.70. The number of benzene rings is 3. The zero-order chi connectivity index (χ0) is 23.2. The van der Waals surface area contributed by atoms with E-state index in [1.54, 1.807) is 55.7 Å². The first-order valence-corrected chi connectivity index (χ1v) is 10.8. The van der Waals surface area contributed by atoms with E-state index in [0.29, 0.717) is 17.2 Å². The van der Waals surface area contributed by atoms with E-state index < -0.39 is 0 Å². The van der Waals surface area contributed by atoms with Crippen LogP contribution in [0.2, 0.25) is 0 Å². The molecule has 3 aromatic carbocycles. The Kier molecular flexibility index (Phi) is 6.85. The van der Waals surface area contributed by atoms with Gasteiger partial charge < -0.3 is 14.6 Å². The highest BCUT2D eigenvalue weighted by molar-refractivity contribution is 9.10. The summed E-state index contributed by atoms with van der Waals surface area (Å²) in [7, 11) is 3.25. The van der Waals surface area contributed by atoms with Crippen LogP contribution in [0.5, 0.6) is 17.2 Å². The van der Waals surface area contributed by atoms with Crippen molar-refractivity contribution in [2.24, 2.45) is 10.1 Å². The number of hydrogen-bond donors (Lipinski definition) is 1. The number of nitrogens with zero attached hydrogens (tertiary/aromatic N) is 4. The molecule has 8 heteroatoms. The molecule has 1 heterocycles. The first-order valence-electron chi connectivity index (χ1n) is 10.0. The lowest BCUT2D eigenvalue weighted by Gasteiger charge is -2.00. The average Bonchev–Trinajstić information content (AvgIpc) is 3.26. The minimum atomic E-state index is 0.122. The normalized spacial score (nSPS) is 11.4. The highest BCUT2D eigenvalue weighted by atomic mass is 79.9. The van der Waals surface area contributed by atoms with Gasteiger partial charge in [0, 0.05) is 21.8 Å². The molecule has 0 unspecified atom stereocenters. The van der Waals surface area contributed by atoms with E-state index in [-0.39, 0.29) is 5.75 Å². The van der Waals surface area contributed by atoms with E-state index in [2.05, 4.69) is 31.0 Å². The molecule has 0 fully saturated rings. The zero-order valence-corrected chi connectivity index (χ0v) is 19.6. The van der Waals surface area contributed by atoms with Crippen molar-refractivity contribution in [1.82, 2.24) is 9.66 Å². The average molecular weight is 505 g/mol. The zero-order valence-electron chi connectivity index (χ0n) is 18.0. The monoisotopic (exact) mass is 504 g/mol. The van der Waals surface area contributed by atoms with Crippen LogP contribution in [0.1, 0.15) is 11.1 Å². The minimum Gasteiger partial charge on any atom is -0.507 e. The molecule has 0 bridgehead atoms. The minimum absolute atomic E-state index is 0.122. The number of aliphatic imine (C=N–C) groups is 1. The van der Waals surface area contributed by atoms with Crippen molar-refractivity contribution in [3.05, 3.63) is 88.5 Å². The number of aromatic hydroxyl groups is 1. The lowest BCUT2D eigenvalue weighted by molar-refractivity contribution is 0.414. The highest BCUT2D eigenvalue weighted by Gasteiger charge is 2.09. The largest absolute Gasteiger partial charge is 0.507 e. The third-order valence-corrected chi connectivity index (χ3v) is 5.30. The van der Waals surface area contributed by atoms with E-state index in [0.717, 1.165) is 27.1 Å². The third-order valence-electron chi connectivity index (χ3n) is 4.81. The van der Waals surface area contributed by atoms with E-state index in [1.165, 1.54) is 0 Å². The maximum Gasteiger partial charge on any atom is 0.251 e. The fourth-order valence-corrected chi connectivity index (χ4v) is 3.39. The van der Waals surface area contributed by atoms with Crippen LogP contribution in [0.3, 0.4) is 0 Å². The van der Waals surface area contributed by atoms with Gasteiger partial charge in [-0.1, -0.05) is 15.9 Å². The van der Waals surface area contributed by atoms with Crippen LogP contribution in [-0.4, -0.2) is 41.4 Å². The first kappa shape index (κ1) is 22.3. The molecule has 4 rings (SSSR count). The Hall–Kier alpha value is -3.91. The Morgan fingerprint density at radius 1 is 0.909 bits per heavy atom. The van der Waals surface area contributed by atoms with Crippen molar-refractivity contribution in [1.29, 1.82) is 0 Å². The molecular formula is C25H21BrN4O3. The quantitative estimate of drug-likeness (QED) is 0.329. The lowest BCUT2D eigenvalue weighted by atomic mass is 10.2. The third kappa shape index (κ3) is 5.48. The summed E-state index contributed by atoms with van der Waals surface area (Å²) in [5.41, 5.74) is 3.06. The van der Waals surface area contributed by atoms with E-state index in [4.69, 9.17) is 9.47 Å². The number of hydrogen-bond acceptors (Lipinski definition) is 6. The predicted molar refractivity (Wildman–Crippen MR) is 133 cm³/mol. The summed E-state index contributed by atoms with van der Waals surface area (Å²) in [4.78, 5) is 9.13. The van der Waals surface area contributed by atoms with Crippen molar-refractivity contribution in [3.8, 4) is 28.5 Å². The molecule has 0 amide bonds. The van der Waals surface area contributed by atoms with Gasteiger partial charge >= 0.3 is 0 Å². The first-order chi connectivity index (χ1) is 16.1. The summed E-state index contributed by atoms with van der Waals surface area (Å²) in [5.74, 6) is 2.02. The topological polar surface area (TPSA) is 81.2 Å². The molecule has 0 aliphatic rings. The van der Waals surface area contributed by atoms with Crippen LogP contribution >= 0.6 is 15.9 Å². The maximum absolute atomic E-state index is 10.1. The van der Waals surface area contributed by atoms with Gasteiger partial charge in [0.25, 0.3) is 5.95 Å². The van der Waals surface area contributed by atoms with Gasteiger partial charge in [0.15, 0.2) is 0 Å². The Morgan fingerprint density at radius 2 is 1.58 bits per heavy atom. The second-order valence-corrected chi connectivity index (χ2v) is 7.89. The van der Waals surface area contributed by atoms with Crippen LogP contribution in [0, 0.1) is 0 Å². The molecule has 33 heavy (non-hydrogen) atoms. The van der Waals surface area contributed by atoms with E-state index in [1.807, 2.05) is 48.5 Å². The number of phenolic OH excluding ortho intramolecular Hbond substituents is 1. The van der Waals surface area contributed by atoms with Crippen LogP contribution < -0.4 is 9.47 Å². The van der Waals surface area contributed by atoms with Gasteiger partial charge in [0.2, 0.25) is 0 Å². The number of rotatable bonds is 7. The summed E-state index contributed by atoms with van der Waals surface area (Å²) < 4.78 is 12.9. The van der Waals surface area contributed by atoms with Gasteiger partial charge in [-0.3, -0.25) is 0 Å². The lowest BCUT2D eigenvalue weighted by Crippen LogP contribution is -1.90. The molecule has 166 valence electrons. The summed E-state index contributed by atoms with van der Waals surface area (Å²) in [6.45, 7) is 0. The Bertz CT molecular complexity index is 1300. The molecule has 0 radical (unpaired) electrons. The summed E-state index contributed by atoms with van der Waals surface area (Å²) in [5, 5.41) is 14.7. The van der Waals surface area contributed by atoms with Crippen LogP contribution in [-0.2, 0) is 0 Å². The molecule has 0 aliphatic heterocycles. The molecule has 1 N–H and O–H groups in total. The van der Waals surface area contributed by atoms with Crippen LogP contribution in [0.4, 0.5) is 5.95 Å².